The van der Waals surface area contributed by atoms with Crippen LogP contribution in [0.4, 0.5) is 5.69 Å². The smallest absolute Gasteiger partial charge is 0.176 e. The summed E-state index contributed by atoms with van der Waals surface area (Å²) in [5, 5.41) is 20.6. The summed E-state index contributed by atoms with van der Waals surface area (Å²) >= 11 is 0. The summed E-state index contributed by atoms with van der Waals surface area (Å²) in [4.78, 5) is 15.6. The van der Waals surface area contributed by atoms with Gasteiger partial charge in [0.05, 0.1) is 31.3 Å². The van der Waals surface area contributed by atoms with Gasteiger partial charge in [0.1, 0.15) is 5.75 Å². The molecule has 2 fully saturated rings. The number of Topliss-reactive ketones (excluding diaryl/α,β-unsaturated/α-hetero) is 1. The molecule has 0 spiro atoms. The zero-order chi connectivity index (χ0) is 20.9. The fraction of sp³-hybridized carbons (Fsp3) is 0.320. The van der Waals surface area contributed by atoms with E-state index in [9.17, 15) is 15.3 Å². The van der Waals surface area contributed by atoms with Crippen molar-refractivity contribution in [3.8, 4) is 17.9 Å². The number of nitrogens with zero attached hydrogens (tertiary/aromatic N) is 3. The molecule has 2 aromatic rings. The first kappa shape index (κ1) is 18.5. The third-order valence-electron chi connectivity index (χ3n) is 6.66. The van der Waals surface area contributed by atoms with Crippen LogP contribution in [0, 0.1) is 34.0 Å². The van der Waals surface area contributed by atoms with E-state index in [2.05, 4.69) is 12.1 Å². The number of anilines is 1. The second-order valence-corrected chi connectivity index (χ2v) is 8.23. The Morgan fingerprint density at radius 2 is 1.80 bits per heavy atom. The number of para-hydroxylation sites is 1. The minimum Gasteiger partial charge on any atom is -0.497 e. The largest absolute Gasteiger partial charge is 0.497 e. The third-order valence-corrected chi connectivity index (χ3v) is 6.66. The summed E-state index contributed by atoms with van der Waals surface area (Å²) in [6, 6.07) is 18.9. The van der Waals surface area contributed by atoms with Crippen molar-refractivity contribution in [1.82, 2.24) is 0 Å². The second kappa shape index (κ2) is 6.75. The molecule has 30 heavy (non-hydrogen) atoms. The predicted molar refractivity (Wildman–Crippen MR) is 113 cm³/mol. The third kappa shape index (κ3) is 2.49. The number of ether oxygens (including phenoxy) is 1. The van der Waals surface area contributed by atoms with Gasteiger partial charge in [-0.2, -0.15) is 10.5 Å². The molecule has 1 saturated carbocycles. The molecular formula is C25H21N3O2. The Labute approximate surface area is 175 Å². The zero-order valence-electron chi connectivity index (χ0n) is 16.7. The average molecular weight is 395 g/mol. The molecule has 0 aromatic heterocycles. The van der Waals surface area contributed by atoms with Gasteiger partial charge in [-0.1, -0.05) is 42.5 Å². The number of carbonyl (C=O) groups is 1. The zero-order valence-corrected chi connectivity index (χ0v) is 16.7. The number of rotatable bonds is 4. The van der Waals surface area contributed by atoms with E-state index in [1.165, 1.54) is 0 Å². The van der Waals surface area contributed by atoms with E-state index in [1.807, 2.05) is 65.6 Å². The predicted octanol–water partition coefficient (Wildman–Crippen LogP) is 4.08. The highest BCUT2D eigenvalue weighted by Gasteiger charge is 2.64. The number of hydrogen-bond acceptors (Lipinski definition) is 5. The molecule has 148 valence electrons. The summed E-state index contributed by atoms with van der Waals surface area (Å²) in [6.07, 6.45) is 5.65. The summed E-state index contributed by atoms with van der Waals surface area (Å²) in [6.45, 7) is 0. The van der Waals surface area contributed by atoms with Crippen LogP contribution in [0.5, 0.6) is 5.75 Å². The highest BCUT2D eigenvalue weighted by molar-refractivity contribution is 5.95. The molecule has 5 nitrogen and oxygen atoms in total. The monoisotopic (exact) mass is 395 g/mol. The van der Waals surface area contributed by atoms with Gasteiger partial charge in [-0.15, -0.1) is 0 Å². The Morgan fingerprint density at radius 1 is 1.10 bits per heavy atom. The molecule has 3 atom stereocenters. The van der Waals surface area contributed by atoms with Crippen LogP contribution in [0.25, 0.3) is 6.08 Å². The number of methoxy groups -OCH3 is 1. The molecule has 0 radical (unpaired) electrons. The Hall–Kier alpha value is -3.57. The second-order valence-electron chi connectivity index (χ2n) is 8.23. The van der Waals surface area contributed by atoms with Gasteiger partial charge in [-0.05, 0) is 42.2 Å². The van der Waals surface area contributed by atoms with Crippen LogP contribution in [0.15, 0.2) is 54.6 Å². The lowest BCUT2D eigenvalue weighted by atomic mass is 9.69. The average Bonchev–Trinajstić information content (AvgIpc) is 3.60. The number of ketones is 1. The molecule has 2 aliphatic heterocycles. The summed E-state index contributed by atoms with van der Waals surface area (Å²) in [5.41, 5.74) is 1.36. The molecule has 5 rings (SSSR count). The molecule has 2 heterocycles. The van der Waals surface area contributed by atoms with E-state index in [1.54, 1.807) is 7.11 Å². The Balaban J connectivity index is 1.74. The summed E-state index contributed by atoms with van der Waals surface area (Å²) in [5.74, 6) is 0.303. The van der Waals surface area contributed by atoms with Crippen LogP contribution >= 0.6 is 0 Å². The molecule has 1 aliphatic carbocycles. The SMILES string of the molecule is COc1ccc(C2C(C(=O)C3CC3)N3c4ccccc4C=CC3C2(C#N)C#N)cc1. The molecule has 0 bridgehead atoms. The topological polar surface area (TPSA) is 77.1 Å². The first-order chi connectivity index (χ1) is 14.6. The van der Waals surface area contributed by atoms with E-state index < -0.39 is 23.4 Å². The van der Waals surface area contributed by atoms with E-state index >= 15 is 0 Å². The standard InChI is InChI=1S/C25H21N3O2/c1-30-19-11-8-17(9-12-19)22-23(24(29)18-6-7-18)28-20-5-3-2-4-16(20)10-13-21(28)25(22,14-26)15-27/h2-5,8-13,18,21-23H,6-7H2,1H3. The van der Waals surface area contributed by atoms with Crippen molar-refractivity contribution in [2.75, 3.05) is 12.0 Å². The van der Waals surface area contributed by atoms with E-state index in [0.717, 1.165) is 29.7 Å². The quantitative estimate of drug-likeness (QED) is 0.780. The van der Waals surface area contributed by atoms with Crippen molar-refractivity contribution in [2.45, 2.75) is 30.8 Å². The number of nitriles is 2. The minimum atomic E-state index is -1.37. The van der Waals surface area contributed by atoms with Crippen LogP contribution in [-0.4, -0.2) is 25.0 Å². The fourth-order valence-corrected chi connectivity index (χ4v) is 5.05. The molecular weight excluding hydrogens is 374 g/mol. The highest BCUT2D eigenvalue weighted by Crippen LogP contribution is 2.56. The van der Waals surface area contributed by atoms with E-state index in [4.69, 9.17) is 4.74 Å². The minimum absolute atomic E-state index is 0.0163. The van der Waals surface area contributed by atoms with Gasteiger partial charge in [0.15, 0.2) is 11.2 Å². The lowest BCUT2D eigenvalue weighted by Crippen LogP contribution is -2.44. The molecule has 0 N–H and O–H groups in total. The summed E-state index contributed by atoms with van der Waals surface area (Å²) < 4.78 is 5.28. The number of carbonyl (C=O) groups excluding carboxylic acids is 1. The van der Waals surface area contributed by atoms with E-state index in [-0.39, 0.29) is 11.7 Å². The van der Waals surface area contributed by atoms with Crippen LogP contribution in [0.3, 0.4) is 0 Å². The van der Waals surface area contributed by atoms with Gasteiger partial charge in [-0.25, -0.2) is 0 Å². The van der Waals surface area contributed by atoms with Crippen molar-refractivity contribution < 1.29 is 9.53 Å². The van der Waals surface area contributed by atoms with Gasteiger partial charge >= 0.3 is 0 Å². The molecule has 0 amide bonds. The van der Waals surface area contributed by atoms with Crippen molar-refractivity contribution in [2.24, 2.45) is 11.3 Å². The van der Waals surface area contributed by atoms with Crippen LogP contribution < -0.4 is 9.64 Å². The molecule has 2 aromatic carbocycles. The number of hydrogen-bond donors (Lipinski definition) is 0. The van der Waals surface area contributed by atoms with Crippen molar-refractivity contribution >= 4 is 17.5 Å². The van der Waals surface area contributed by atoms with Crippen LogP contribution in [0.2, 0.25) is 0 Å². The van der Waals surface area contributed by atoms with Crippen molar-refractivity contribution in [1.29, 1.82) is 10.5 Å². The first-order valence-electron chi connectivity index (χ1n) is 10.2. The number of benzene rings is 2. The molecule has 3 aliphatic rings. The molecule has 1 saturated heterocycles. The normalized spacial score (nSPS) is 25.6. The van der Waals surface area contributed by atoms with Gasteiger partial charge < -0.3 is 9.64 Å². The number of fused-ring (bicyclic) bond motifs is 3. The first-order valence-corrected chi connectivity index (χ1v) is 10.2. The lowest BCUT2D eigenvalue weighted by Gasteiger charge is -2.35. The highest BCUT2D eigenvalue weighted by atomic mass is 16.5. The van der Waals surface area contributed by atoms with Crippen molar-refractivity contribution in [3.05, 3.63) is 65.7 Å². The maximum Gasteiger partial charge on any atom is 0.176 e. The van der Waals surface area contributed by atoms with Gasteiger partial charge in [0, 0.05) is 17.5 Å². The Morgan fingerprint density at radius 3 is 2.43 bits per heavy atom. The van der Waals surface area contributed by atoms with Gasteiger partial charge in [0.25, 0.3) is 0 Å². The maximum absolute atomic E-state index is 13.6. The molecule has 5 heteroatoms. The lowest BCUT2D eigenvalue weighted by molar-refractivity contribution is -0.121. The van der Waals surface area contributed by atoms with Gasteiger partial charge in [0.2, 0.25) is 0 Å². The summed E-state index contributed by atoms with van der Waals surface area (Å²) in [7, 11) is 1.60. The maximum atomic E-state index is 13.6. The van der Waals surface area contributed by atoms with E-state index in [0.29, 0.717) is 5.75 Å². The fourth-order valence-electron chi connectivity index (χ4n) is 5.05. The van der Waals surface area contributed by atoms with Gasteiger partial charge in [-0.3, -0.25) is 4.79 Å². The Bertz CT molecular complexity index is 1100. The Kier molecular flexibility index (Phi) is 4.15. The van der Waals surface area contributed by atoms with Crippen LogP contribution in [-0.2, 0) is 4.79 Å². The molecule has 3 unspecified atom stereocenters. The van der Waals surface area contributed by atoms with Crippen LogP contribution in [0.1, 0.15) is 29.9 Å². The van der Waals surface area contributed by atoms with Crippen molar-refractivity contribution in [3.63, 3.8) is 0 Å².